The molecule has 8 heteroatoms. The van der Waals surface area contributed by atoms with Gasteiger partial charge >= 0.3 is 11.8 Å². The lowest BCUT2D eigenvalue weighted by Gasteiger charge is -2.31. The predicted octanol–water partition coefficient (Wildman–Crippen LogP) is 2.94. The summed E-state index contributed by atoms with van der Waals surface area (Å²) in [5, 5.41) is 9.59. The first kappa shape index (κ1) is 18.7. The van der Waals surface area contributed by atoms with Gasteiger partial charge in [-0.25, -0.2) is 4.98 Å². The van der Waals surface area contributed by atoms with Crippen molar-refractivity contribution in [2.75, 3.05) is 18.4 Å². The van der Waals surface area contributed by atoms with Crippen molar-refractivity contribution in [2.45, 2.75) is 18.8 Å². The number of amides is 2. The fourth-order valence-electron chi connectivity index (χ4n) is 3.40. The minimum Gasteiger partial charge on any atom is -0.439 e. The standard InChI is InChI=1S/C21H21N5O3/c27-20(21(28)26-12-4-5-15(14-26)18-9-11-23-25-18)24-16-6-3-7-17(13-16)29-19-8-1-2-10-22-19/h1-3,6-11,13,15H,4-5,12,14H2,(H,23,25)(H,24,27)/t15-/m1/s1. The summed E-state index contributed by atoms with van der Waals surface area (Å²) >= 11 is 0. The molecule has 1 saturated heterocycles. The Morgan fingerprint density at radius 1 is 1.14 bits per heavy atom. The molecule has 3 aromatic rings. The number of nitrogens with one attached hydrogen (secondary N) is 2. The third-order valence-corrected chi connectivity index (χ3v) is 4.82. The largest absolute Gasteiger partial charge is 0.439 e. The Hall–Kier alpha value is -3.68. The van der Waals surface area contributed by atoms with E-state index in [1.165, 1.54) is 0 Å². The molecule has 0 saturated carbocycles. The van der Waals surface area contributed by atoms with E-state index in [0.717, 1.165) is 18.5 Å². The third-order valence-electron chi connectivity index (χ3n) is 4.82. The Morgan fingerprint density at radius 2 is 2.07 bits per heavy atom. The highest BCUT2D eigenvalue weighted by Crippen LogP contribution is 2.26. The fourth-order valence-corrected chi connectivity index (χ4v) is 3.40. The minimum absolute atomic E-state index is 0.165. The van der Waals surface area contributed by atoms with Crippen LogP contribution in [0, 0.1) is 0 Å². The van der Waals surface area contributed by atoms with E-state index in [-0.39, 0.29) is 5.92 Å². The Kier molecular flexibility index (Phi) is 5.51. The second kappa shape index (κ2) is 8.55. The normalized spacial score (nSPS) is 16.3. The van der Waals surface area contributed by atoms with Gasteiger partial charge in [-0.1, -0.05) is 12.1 Å². The number of H-pyrrole nitrogens is 1. The lowest BCUT2D eigenvalue weighted by atomic mass is 9.95. The molecule has 1 aliphatic heterocycles. The van der Waals surface area contributed by atoms with Gasteiger partial charge in [-0.3, -0.25) is 14.7 Å². The Morgan fingerprint density at radius 3 is 2.86 bits per heavy atom. The number of ether oxygens (including phenoxy) is 1. The van der Waals surface area contributed by atoms with Crippen LogP contribution < -0.4 is 10.1 Å². The molecule has 148 valence electrons. The number of hydrogen-bond donors (Lipinski definition) is 2. The highest BCUT2D eigenvalue weighted by Gasteiger charge is 2.29. The minimum atomic E-state index is -0.662. The highest BCUT2D eigenvalue weighted by atomic mass is 16.5. The quantitative estimate of drug-likeness (QED) is 0.666. The number of hydrogen-bond acceptors (Lipinski definition) is 5. The van der Waals surface area contributed by atoms with Crippen LogP contribution in [0.15, 0.2) is 60.9 Å². The van der Waals surface area contributed by atoms with Crippen LogP contribution in [0.5, 0.6) is 11.6 Å². The van der Waals surface area contributed by atoms with E-state index in [1.807, 2.05) is 12.1 Å². The van der Waals surface area contributed by atoms with Gasteiger partial charge in [-0.15, -0.1) is 0 Å². The van der Waals surface area contributed by atoms with Crippen molar-refractivity contribution in [2.24, 2.45) is 0 Å². The van der Waals surface area contributed by atoms with Crippen LogP contribution in [0.1, 0.15) is 24.5 Å². The van der Waals surface area contributed by atoms with Crippen molar-refractivity contribution in [3.63, 3.8) is 0 Å². The topological polar surface area (TPSA) is 100 Å². The van der Waals surface area contributed by atoms with Gasteiger partial charge in [0.2, 0.25) is 5.88 Å². The summed E-state index contributed by atoms with van der Waals surface area (Å²) in [6, 6.07) is 14.1. The number of aromatic amines is 1. The molecule has 29 heavy (non-hydrogen) atoms. The molecule has 2 amide bonds. The van der Waals surface area contributed by atoms with E-state index in [0.29, 0.717) is 30.4 Å². The zero-order valence-electron chi connectivity index (χ0n) is 15.7. The monoisotopic (exact) mass is 391 g/mol. The molecule has 0 spiro atoms. The predicted molar refractivity (Wildman–Crippen MR) is 107 cm³/mol. The smallest absolute Gasteiger partial charge is 0.313 e. The van der Waals surface area contributed by atoms with Gasteiger partial charge in [0.1, 0.15) is 5.75 Å². The molecule has 1 aromatic carbocycles. The average molecular weight is 391 g/mol. The fraction of sp³-hybridized carbons (Fsp3) is 0.238. The number of rotatable bonds is 4. The van der Waals surface area contributed by atoms with Crippen LogP contribution >= 0.6 is 0 Å². The average Bonchev–Trinajstić information content (AvgIpc) is 3.29. The van der Waals surface area contributed by atoms with Gasteiger partial charge in [0.25, 0.3) is 0 Å². The maximum absolute atomic E-state index is 12.6. The number of aromatic nitrogens is 3. The summed E-state index contributed by atoms with van der Waals surface area (Å²) in [6.45, 7) is 1.07. The first-order valence-corrected chi connectivity index (χ1v) is 9.47. The summed E-state index contributed by atoms with van der Waals surface area (Å²) in [4.78, 5) is 30.8. The number of nitrogens with zero attached hydrogens (tertiary/aromatic N) is 3. The lowest BCUT2D eigenvalue weighted by molar-refractivity contribution is -0.144. The van der Waals surface area contributed by atoms with Gasteiger partial charge in [-0.2, -0.15) is 5.10 Å². The second-order valence-corrected chi connectivity index (χ2v) is 6.85. The van der Waals surface area contributed by atoms with Gasteiger partial charge in [0.05, 0.1) is 0 Å². The summed E-state index contributed by atoms with van der Waals surface area (Å²) < 4.78 is 5.67. The van der Waals surface area contributed by atoms with Crippen molar-refractivity contribution in [1.29, 1.82) is 0 Å². The Bertz CT molecular complexity index is 975. The van der Waals surface area contributed by atoms with Crippen LogP contribution in [-0.2, 0) is 9.59 Å². The summed E-state index contributed by atoms with van der Waals surface area (Å²) in [7, 11) is 0. The number of pyridine rings is 1. The van der Waals surface area contributed by atoms with Crippen LogP contribution in [0.25, 0.3) is 0 Å². The SMILES string of the molecule is O=C(Nc1cccc(Oc2ccccn2)c1)C(=O)N1CCC[C@@H](c2ccn[nH]2)C1. The number of likely N-dealkylation sites (tertiary alicyclic amines) is 1. The zero-order chi connectivity index (χ0) is 20.1. The maximum Gasteiger partial charge on any atom is 0.313 e. The van der Waals surface area contributed by atoms with Crippen molar-refractivity contribution in [3.05, 3.63) is 66.6 Å². The van der Waals surface area contributed by atoms with Gasteiger partial charge in [0.15, 0.2) is 0 Å². The molecule has 0 bridgehead atoms. The van der Waals surface area contributed by atoms with Gasteiger partial charge in [-0.05, 0) is 37.1 Å². The molecule has 3 heterocycles. The summed E-state index contributed by atoms with van der Waals surface area (Å²) in [5.74, 6) is -0.0648. The zero-order valence-corrected chi connectivity index (χ0v) is 15.7. The molecular weight excluding hydrogens is 370 g/mol. The van der Waals surface area contributed by atoms with E-state index in [9.17, 15) is 9.59 Å². The molecule has 1 fully saturated rings. The molecule has 0 aliphatic carbocycles. The van der Waals surface area contributed by atoms with Crippen molar-refractivity contribution in [1.82, 2.24) is 20.1 Å². The van der Waals surface area contributed by atoms with Gasteiger partial charge in [0, 0.05) is 54.9 Å². The van der Waals surface area contributed by atoms with E-state index in [4.69, 9.17) is 4.74 Å². The number of benzene rings is 1. The van der Waals surface area contributed by atoms with E-state index < -0.39 is 11.8 Å². The molecular formula is C21H21N5O3. The summed E-state index contributed by atoms with van der Waals surface area (Å²) in [5.41, 5.74) is 1.47. The second-order valence-electron chi connectivity index (χ2n) is 6.85. The van der Waals surface area contributed by atoms with Crippen molar-refractivity contribution in [3.8, 4) is 11.6 Å². The number of piperidine rings is 1. The first-order chi connectivity index (χ1) is 14.2. The Balaban J connectivity index is 1.38. The van der Waals surface area contributed by atoms with Crippen LogP contribution in [0.2, 0.25) is 0 Å². The van der Waals surface area contributed by atoms with E-state index >= 15 is 0 Å². The maximum atomic E-state index is 12.6. The van der Waals surface area contributed by atoms with Crippen molar-refractivity contribution < 1.29 is 14.3 Å². The van der Waals surface area contributed by atoms with Crippen LogP contribution in [0.4, 0.5) is 5.69 Å². The third kappa shape index (κ3) is 4.60. The van der Waals surface area contributed by atoms with Crippen LogP contribution in [0.3, 0.4) is 0 Å². The number of carbonyl (C=O) groups is 2. The number of anilines is 1. The van der Waals surface area contributed by atoms with Gasteiger partial charge < -0.3 is 15.0 Å². The molecule has 1 aliphatic rings. The van der Waals surface area contributed by atoms with E-state index in [1.54, 1.807) is 53.7 Å². The van der Waals surface area contributed by atoms with Crippen molar-refractivity contribution >= 4 is 17.5 Å². The molecule has 1 atom stereocenters. The molecule has 2 N–H and O–H groups in total. The molecule has 0 unspecified atom stereocenters. The first-order valence-electron chi connectivity index (χ1n) is 9.47. The summed E-state index contributed by atoms with van der Waals surface area (Å²) in [6.07, 6.45) is 5.13. The molecule has 0 radical (unpaired) electrons. The van der Waals surface area contributed by atoms with E-state index in [2.05, 4.69) is 20.5 Å². The number of carbonyl (C=O) groups excluding carboxylic acids is 2. The molecule has 4 rings (SSSR count). The molecule has 2 aromatic heterocycles. The van der Waals surface area contributed by atoms with Crippen LogP contribution in [-0.4, -0.2) is 45.0 Å². The highest BCUT2D eigenvalue weighted by molar-refractivity contribution is 6.39. The molecule has 8 nitrogen and oxygen atoms in total. The lowest BCUT2D eigenvalue weighted by Crippen LogP contribution is -2.44. The Labute approximate surface area is 167 Å².